The van der Waals surface area contributed by atoms with Gasteiger partial charge in [-0.1, -0.05) is 36.8 Å². The van der Waals surface area contributed by atoms with Crippen molar-refractivity contribution in [1.82, 2.24) is 0 Å². The van der Waals surface area contributed by atoms with E-state index in [1.54, 1.807) is 0 Å². The van der Waals surface area contributed by atoms with Crippen molar-refractivity contribution in [3.05, 3.63) is 35.4 Å². The van der Waals surface area contributed by atoms with Crippen LogP contribution >= 0.6 is 0 Å². The quantitative estimate of drug-likeness (QED) is 0.789. The Morgan fingerprint density at radius 3 is 2.67 bits per heavy atom. The molecule has 15 heavy (non-hydrogen) atoms. The van der Waals surface area contributed by atoms with Gasteiger partial charge in [0.05, 0.1) is 6.42 Å². The number of carboxylic acids is 1. The summed E-state index contributed by atoms with van der Waals surface area (Å²) in [4.78, 5) is 10.8. The van der Waals surface area contributed by atoms with Crippen LogP contribution in [0.5, 0.6) is 0 Å². The molecule has 1 atom stereocenters. The van der Waals surface area contributed by atoms with Gasteiger partial charge in [-0.05, 0) is 12.5 Å². The van der Waals surface area contributed by atoms with Crippen LogP contribution in [0.3, 0.4) is 0 Å². The maximum absolute atomic E-state index is 10.8. The molecule has 0 amide bonds. The Hall–Kier alpha value is -1.35. The average molecular weight is 207 g/mol. The van der Waals surface area contributed by atoms with Crippen molar-refractivity contribution >= 4 is 5.97 Å². The van der Waals surface area contributed by atoms with Crippen LogP contribution in [0.1, 0.15) is 24.5 Å². The summed E-state index contributed by atoms with van der Waals surface area (Å²) in [6, 6.07) is 7.85. The first kappa shape index (κ1) is 11.7. The third kappa shape index (κ3) is 2.80. The van der Waals surface area contributed by atoms with E-state index in [2.05, 4.69) is 0 Å². The fourth-order valence-electron chi connectivity index (χ4n) is 1.65. The van der Waals surface area contributed by atoms with Gasteiger partial charge in [0.2, 0.25) is 0 Å². The summed E-state index contributed by atoms with van der Waals surface area (Å²) in [5.41, 5.74) is 7.32. The lowest BCUT2D eigenvalue weighted by molar-refractivity contribution is -0.138. The van der Waals surface area contributed by atoms with E-state index in [1.165, 1.54) is 0 Å². The highest BCUT2D eigenvalue weighted by Gasteiger charge is 2.28. The Kier molecular flexibility index (Phi) is 3.48. The zero-order valence-corrected chi connectivity index (χ0v) is 9.16. The van der Waals surface area contributed by atoms with Gasteiger partial charge < -0.3 is 10.8 Å². The summed E-state index contributed by atoms with van der Waals surface area (Å²) in [6.07, 6.45) is 0.0625. The maximum Gasteiger partial charge on any atom is 0.304 e. The van der Waals surface area contributed by atoms with Crippen LogP contribution < -0.4 is 5.73 Å². The predicted octanol–water partition coefficient (Wildman–Crippen LogP) is 1.69. The highest BCUT2D eigenvalue weighted by atomic mass is 16.4. The molecule has 1 aromatic rings. The molecule has 82 valence electrons. The first-order chi connectivity index (χ1) is 6.98. The van der Waals surface area contributed by atoms with Gasteiger partial charge in [0.15, 0.2) is 0 Å². The smallest absolute Gasteiger partial charge is 0.304 e. The summed E-state index contributed by atoms with van der Waals surface area (Å²) >= 11 is 0. The topological polar surface area (TPSA) is 63.3 Å². The van der Waals surface area contributed by atoms with E-state index < -0.39 is 11.4 Å². The summed E-state index contributed by atoms with van der Waals surface area (Å²) in [5.74, 6) is -0.815. The number of hydrogen-bond donors (Lipinski definition) is 2. The molecule has 0 aliphatic heterocycles. The second-order valence-corrected chi connectivity index (χ2v) is 4.20. The van der Waals surface area contributed by atoms with Gasteiger partial charge in [-0.3, -0.25) is 4.79 Å². The molecule has 0 heterocycles. The minimum absolute atomic E-state index is 0.0625. The van der Waals surface area contributed by atoms with Crippen molar-refractivity contribution in [2.75, 3.05) is 6.54 Å². The van der Waals surface area contributed by atoms with Gasteiger partial charge >= 0.3 is 5.97 Å². The summed E-state index contributed by atoms with van der Waals surface area (Å²) in [7, 11) is 0. The lowest BCUT2D eigenvalue weighted by Gasteiger charge is -2.27. The molecule has 0 aliphatic rings. The molecule has 0 aromatic heterocycles. The van der Waals surface area contributed by atoms with E-state index in [0.717, 1.165) is 11.1 Å². The SMILES string of the molecule is Cc1cccc(C(C)(CN)CC(=O)O)c1. The Balaban J connectivity index is 3.05. The normalized spacial score (nSPS) is 14.6. The van der Waals surface area contributed by atoms with Crippen LogP contribution in [-0.2, 0) is 10.2 Å². The minimum atomic E-state index is -0.815. The molecule has 1 unspecified atom stereocenters. The number of benzene rings is 1. The van der Waals surface area contributed by atoms with E-state index in [9.17, 15) is 4.79 Å². The average Bonchev–Trinajstić information content (AvgIpc) is 2.16. The van der Waals surface area contributed by atoms with E-state index in [4.69, 9.17) is 10.8 Å². The molecular weight excluding hydrogens is 190 g/mol. The van der Waals surface area contributed by atoms with E-state index in [1.807, 2.05) is 38.1 Å². The Bertz CT molecular complexity index is 362. The highest BCUT2D eigenvalue weighted by Crippen LogP contribution is 2.27. The molecule has 0 bridgehead atoms. The van der Waals surface area contributed by atoms with Crippen molar-refractivity contribution < 1.29 is 9.90 Å². The van der Waals surface area contributed by atoms with Gasteiger partial charge in [0.1, 0.15) is 0 Å². The Labute approximate surface area is 89.9 Å². The van der Waals surface area contributed by atoms with Crippen LogP contribution in [0, 0.1) is 6.92 Å². The molecule has 0 fully saturated rings. The molecule has 1 aromatic carbocycles. The number of rotatable bonds is 4. The van der Waals surface area contributed by atoms with Crippen LogP contribution in [0.2, 0.25) is 0 Å². The first-order valence-electron chi connectivity index (χ1n) is 4.97. The van der Waals surface area contributed by atoms with Crippen LogP contribution in [0.25, 0.3) is 0 Å². The van der Waals surface area contributed by atoms with Crippen molar-refractivity contribution in [2.24, 2.45) is 5.73 Å². The molecule has 3 N–H and O–H groups in total. The van der Waals surface area contributed by atoms with Crippen LogP contribution in [-0.4, -0.2) is 17.6 Å². The van der Waals surface area contributed by atoms with E-state index >= 15 is 0 Å². The highest BCUT2D eigenvalue weighted by molar-refractivity contribution is 5.69. The van der Waals surface area contributed by atoms with Gasteiger partial charge in [-0.15, -0.1) is 0 Å². The molecule has 3 nitrogen and oxygen atoms in total. The third-order valence-electron chi connectivity index (χ3n) is 2.71. The zero-order valence-electron chi connectivity index (χ0n) is 9.16. The number of aliphatic carboxylic acids is 1. The second-order valence-electron chi connectivity index (χ2n) is 4.20. The van der Waals surface area contributed by atoms with E-state index in [0.29, 0.717) is 6.54 Å². The molecular formula is C12H17NO2. The van der Waals surface area contributed by atoms with Gasteiger partial charge in [-0.25, -0.2) is 0 Å². The molecule has 3 heteroatoms. The largest absolute Gasteiger partial charge is 0.481 e. The van der Waals surface area contributed by atoms with Gasteiger partial charge in [0, 0.05) is 12.0 Å². The lowest BCUT2D eigenvalue weighted by atomic mass is 9.79. The number of nitrogens with two attached hydrogens (primary N) is 1. The maximum atomic E-state index is 10.8. The predicted molar refractivity (Wildman–Crippen MR) is 59.8 cm³/mol. The number of aryl methyl sites for hydroxylation is 1. The van der Waals surface area contributed by atoms with Crippen molar-refractivity contribution in [3.8, 4) is 0 Å². The van der Waals surface area contributed by atoms with Gasteiger partial charge in [0.25, 0.3) is 0 Å². The summed E-state index contributed by atoms with van der Waals surface area (Å²) < 4.78 is 0. The van der Waals surface area contributed by atoms with Crippen LogP contribution in [0.4, 0.5) is 0 Å². The third-order valence-corrected chi connectivity index (χ3v) is 2.71. The fourth-order valence-corrected chi connectivity index (χ4v) is 1.65. The zero-order chi connectivity index (χ0) is 11.5. The van der Waals surface area contributed by atoms with Gasteiger partial charge in [-0.2, -0.15) is 0 Å². The molecule has 0 saturated heterocycles. The van der Waals surface area contributed by atoms with Crippen LogP contribution in [0.15, 0.2) is 24.3 Å². The van der Waals surface area contributed by atoms with Crippen molar-refractivity contribution in [3.63, 3.8) is 0 Å². The van der Waals surface area contributed by atoms with E-state index in [-0.39, 0.29) is 6.42 Å². The molecule has 0 radical (unpaired) electrons. The standard InChI is InChI=1S/C12H17NO2/c1-9-4-3-5-10(6-9)12(2,8-13)7-11(14)15/h3-6H,7-8,13H2,1-2H3,(H,14,15). The summed E-state index contributed by atoms with van der Waals surface area (Å²) in [6.45, 7) is 4.21. The number of carboxylic acid groups (broad SMARTS) is 1. The number of carbonyl (C=O) groups is 1. The second kappa shape index (κ2) is 4.45. The minimum Gasteiger partial charge on any atom is -0.481 e. The fraction of sp³-hybridized carbons (Fsp3) is 0.417. The Morgan fingerprint density at radius 2 is 2.20 bits per heavy atom. The first-order valence-corrected chi connectivity index (χ1v) is 4.97. The summed E-state index contributed by atoms with van der Waals surface area (Å²) in [5, 5.41) is 8.86. The monoisotopic (exact) mass is 207 g/mol. The molecule has 1 rings (SSSR count). The van der Waals surface area contributed by atoms with Crippen molar-refractivity contribution in [2.45, 2.75) is 25.7 Å². The number of hydrogen-bond acceptors (Lipinski definition) is 2. The van der Waals surface area contributed by atoms with Crippen molar-refractivity contribution in [1.29, 1.82) is 0 Å². The molecule has 0 saturated carbocycles. The lowest BCUT2D eigenvalue weighted by Crippen LogP contribution is -2.34. The molecule has 0 aliphatic carbocycles. The molecule has 0 spiro atoms. The Morgan fingerprint density at radius 1 is 1.53 bits per heavy atom.